The van der Waals surface area contributed by atoms with Crippen molar-refractivity contribution in [2.45, 2.75) is 12.8 Å². The second-order valence-electron chi connectivity index (χ2n) is 6.30. The summed E-state index contributed by atoms with van der Waals surface area (Å²) < 4.78 is 5.28. The van der Waals surface area contributed by atoms with Gasteiger partial charge in [-0.1, -0.05) is 23.2 Å². The first kappa shape index (κ1) is 20.0. The number of nitrogens with zero attached hydrogens (tertiary/aromatic N) is 1. The Morgan fingerprint density at radius 2 is 1.96 bits per heavy atom. The summed E-state index contributed by atoms with van der Waals surface area (Å²) in [6.07, 6.45) is 1.39. The number of carbonyl (C=O) groups excluding carboxylic acids is 2. The Kier molecular flexibility index (Phi) is 7.07. The van der Waals surface area contributed by atoms with Crippen molar-refractivity contribution in [3.05, 3.63) is 28.2 Å². The molecule has 8 heteroatoms. The van der Waals surface area contributed by atoms with Gasteiger partial charge in [0, 0.05) is 19.8 Å². The minimum Gasteiger partial charge on any atom is -0.384 e. The van der Waals surface area contributed by atoms with Crippen molar-refractivity contribution in [3.8, 4) is 0 Å². The lowest BCUT2D eigenvalue weighted by Gasteiger charge is -2.38. The van der Waals surface area contributed by atoms with E-state index in [4.69, 9.17) is 27.9 Å². The third-order valence-corrected chi connectivity index (χ3v) is 5.10. The third-order valence-electron chi connectivity index (χ3n) is 4.37. The quantitative estimate of drug-likeness (QED) is 0.785. The summed E-state index contributed by atoms with van der Waals surface area (Å²) in [7, 11) is 3.23. The lowest BCUT2D eigenvalue weighted by molar-refractivity contribution is -0.147. The van der Waals surface area contributed by atoms with Crippen LogP contribution in [0.15, 0.2) is 18.2 Å². The highest BCUT2D eigenvalue weighted by Gasteiger charge is 2.41. The summed E-state index contributed by atoms with van der Waals surface area (Å²) in [6, 6.07) is 4.84. The molecule has 6 nitrogen and oxygen atoms in total. The van der Waals surface area contributed by atoms with Gasteiger partial charge in [0.05, 0.1) is 28.6 Å². The number of rotatable bonds is 6. The fraction of sp³-hybridized carbons (Fsp3) is 0.529. The van der Waals surface area contributed by atoms with Crippen LogP contribution in [0.25, 0.3) is 0 Å². The number of benzene rings is 1. The molecule has 2 amide bonds. The fourth-order valence-corrected chi connectivity index (χ4v) is 3.37. The van der Waals surface area contributed by atoms with E-state index in [1.165, 1.54) is 4.90 Å². The molecule has 0 bridgehead atoms. The van der Waals surface area contributed by atoms with E-state index in [1.807, 2.05) is 0 Å². The maximum atomic E-state index is 12.9. The van der Waals surface area contributed by atoms with Crippen molar-refractivity contribution in [1.29, 1.82) is 0 Å². The van der Waals surface area contributed by atoms with Gasteiger partial charge < -0.3 is 20.3 Å². The first-order valence-corrected chi connectivity index (χ1v) is 8.84. The Labute approximate surface area is 157 Å². The normalized spacial score (nSPS) is 16.3. The lowest BCUT2D eigenvalue weighted by atomic mass is 9.78. The van der Waals surface area contributed by atoms with E-state index in [-0.39, 0.29) is 18.4 Å². The largest absolute Gasteiger partial charge is 0.384 e. The molecule has 1 aromatic rings. The lowest BCUT2D eigenvalue weighted by Crippen LogP contribution is -2.51. The number of halogens is 2. The SMILES string of the molecule is COCC1(C(=O)N(C)CC(=O)Nc2ccc(Cl)c(Cl)c2)CCNCC1. The van der Waals surface area contributed by atoms with E-state index in [0.29, 0.717) is 35.2 Å². The van der Waals surface area contributed by atoms with Gasteiger partial charge >= 0.3 is 0 Å². The molecule has 1 aliphatic rings. The number of methoxy groups -OCH3 is 1. The molecule has 0 aromatic heterocycles. The number of hydrogen-bond donors (Lipinski definition) is 2. The first-order chi connectivity index (χ1) is 11.9. The molecule has 0 atom stereocenters. The van der Waals surface area contributed by atoms with Crippen LogP contribution in [0.3, 0.4) is 0 Å². The van der Waals surface area contributed by atoms with E-state index in [2.05, 4.69) is 10.6 Å². The number of hydrogen-bond acceptors (Lipinski definition) is 4. The summed E-state index contributed by atoms with van der Waals surface area (Å²) in [5.74, 6) is -0.365. The highest BCUT2D eigenvalue weighted by molar-refractivity contribution is 6.42. The maximum absolute atomic E-state index is 12.9. The molecule has 1 saturated heterocycles. The number of anilines is 1. The molecule has 2 N–H and O–H groups in total. The number of amides is 2. The first-order valence-electron chi connectivity index (χ1n) is 8.08. The Bertz CT molecular complexity index is 628. The Morgan fingerprint density at radius 3 is 2.56 bits per heavy atom. The van der Waals surface area contributed by atoms with Crippen LogP contribution in [0.2, 0.25) is 10.0 Å². The predicted octanol–water partition coefficient (Wildman–Crippen LogP) is 2.41. The molecule has 138 valence electrons. The van der Waals surface area contributed by atoms with Crippen molar-refractivity contribution in [2.24, 2.45) is 5.41 Å². The average Bonchev–Trinajstić information content (AvgIpc) is 2.58. The van der Waals surface area contributed by atoms with Crippen LogP contribution in [0.1, 0.15) is 12.8 Å². The summed E-state index contributed by atoms with van der Waals surface area (Å²) in [5, 5.41) is 6.74. The van der Waals surface area contributed by atoms with Crippen LogP contribution in [0, 0.1) is 5.41 Å². The van der Waals surface area contributed by atoms with Crippen LogP contribution in [0.5, 0.6) is 0 Å². The molecular weight excluding hydrogens is 365 g/mol. The van der Waals surface area contributed by atoms with Crippen molar-refractivity contribution in [3.63, 3.8) is 0 Å². The molecule has 1 aliphatic heterocycles. The van der Waals surface area contributed by atoms with E-state index in [1.54, 1.807) is 32.4 Å². The number of carbonyl (C=O) groups is 2. The van der Waals surface area contributed by atoms with E-state index < -0.39 is 5.41 Å². The monoisotopic (exact) mass is 387 g/mol. The molecule has 0 saturated carbocycles. The molecule has 0 unspecified atom stereocenters. The summed E-state index contributed by atoms with van der Waals surface area (Å²) in [6.45, 7) is 1.83. The average molecular weight is 388 g/mol. The van der Waals surface area contributed by atoms with Crippen LogP contribution in [-0.4, -0.2) is 57.1 Å². The van der Waals surface area contributed by atoms with E-state index in [9.17, 15) is 9.59 Å². The highest BCUT2D eigenvalue weighted by Crippen LogP contribution is 2.31. The van der Waals surface area contributed by atoms with Crippen molar-refractivity contribution in [2.75, 3.05) is 45.7 Å². The van der Waals surface area contributed by atoms with Crippen molar-refractivity contribution in [1.82, 2.24) is 10.2 Å². The van der Waals surface area contributed by atoms with Crippen molar-refractivity contribution < 1.29 is 14.3 Å². The Morgan fingerprint density at radius 1 is 1.28 bits per heavy atom. The minimum atomic E-state index is -0.571. The molecule has 0 aliphatic carbocycles. The van der Waals surface area contributed by atoms with Gasteiger partial charge in [-0.15, -0.1) is 0 Å². The maximum Gasteiger partial charge on any atom is 0.243 e. The molecule has 2 rings (SSSR count). The van der Waals surface area contributed by atoms with Crippen LogP contribution in [-0.2, 0) is 14.3 Å². The zero-order chi connectivity index (χ0) is 18.4. The Balaban J connectivity index is 1.99. The van der Waals surface area contributed by atoms with Crippen LogP contribution < -0.4 is 10.6 Å². The summed E-state index contributed by atoms with van der Waals surface area (Å²) >= 11 is 11.8. The molecule has 0 spiro atoms. The van der Waals surface area contributed by atoms with Gasteiger partial charge in [-0.05, 0) is 44.1 Å². The van der Waals surface area contributed by atoms with Gasteiger partial charge in [-0.25, -0.2) is 0 Å². The highest BCUT2D eigenvalue weighted by atomic mass is 35.5. The van der Waals surface area contributed by atoms with Crippen molar-refractivity contribution >= 4 is 40.7 Å². The van der Waals surface area contributed by atoms with Crippen LogP contribution >= 0.6 is 23.2 Å². The van der Waals surface area contributed by atoms with Gasteiger partial charge in [0.25, 0.3) is 0 Å². The molecular formula is C17H23Cl2N3O3. The second kappa shape index (κ2) is 8.85. The van der Waals surface area contributed by atoms with Gasteiger partial charge in [-0.2, -0.15) is 0 Å². The Hall–Kier alpha value is -1.34. The molecule has 0 radical (unpaired) electrons. The van der Waals surface area contributed by atoms with Gasteiger partial charge in [0.1, 0.15) is 0 Å². The summed E-state index contributed by atoms with van der Waals surface area (Å²) in [4.78, 5) is 26.6. The number of nitrogens with one attached hydrogen (secondary N) is 2. The summed E-state index contributed by atoms with van der Waals surface area (Å²) in [5.41, 5.74) is -0.0350. The smallest absolute Gasteiger partial charge is 0.243 e. The topological polar surface area (TPSA) is 70.7 Å². The number of ether oxygens (including phenoxy) is 1. The van der Waals surface area contributed by atoms with E-state index >= 15 is 0 Å². The molecule has 1 heterocycles. The van der Waals surface area contributed by atoms with E-state index in [0.717, 1.165) is 13.1 Å². The minimum absolute atomic E-state index is 0.0437. The predicted molar refractivity (Wildman–Crippen MR) is 99.1 cm³/mol. The second-order valence-corrected chi connectivity index (χ2v) is 7.12. The number of likely N-dealkylation sites (N-methyl/N-ethyl adjacent to an activating group) is 1. The van der Waals surface area contributed by atoms with Crippen LogP contribution in [0.4, 0.5) is 5.69 Å². The van der Waals surface area contributed by atoms with Gasteiger partial charge in [0.2, 0.25) is 11.8 Å². The van der Waals surface area contributed by atoms with Gasteiger partial charge in [0.15, 0.2) is 0 Å². The third kappa shape index (κ3) is 5.07. The molecule has 1 fully saturated rings. The van der Waals surface area contributed by atoms with Gasteiger partial charge in [-0.3, -0.25) is 9.59 Å². The zero-order valence-corrected chi connectivity index (χ0v) is 15.9. The zero-order valence-electron chi connectivity index (χ0n) is 14.4. The fourth-order valence-electron chi connectivity index (χ4n) is 3.07. The molecule has 25 heavy (non-hydrogen) atoms. The molecule has 1 aromatic carbocycles. The standard InChI is InChI=1S/C17H23Cl2N3O3/c1-22(16(24)17(11-25-2)5-7-20-8-6-17)10-15(23)21-12-3-4-13(18)14(19)9-12/h3-4,9,20H,5-8,10-11H2,1-2H3,(H,21,23). The number of piperidine rings is 1.